The topological polar surface area (TPSA) is 69.6 Å². The number of halogens is 1. The Morgan fingerprint density at radius 3 is 3.06 bits per heavy atom. The number of aromatic nitrogens is 4. The van der Waals surface area contributed by atoms with Crippen molar-refractivity contribution in [3.05, 3.63) is 28.5 Å². The summed E-state index contributed by atoms with van der Waals surface area (Å²) in [7, 11) is 0. The van der Waals surface area contributed by atoms with Crippen LogP contribution in [0.1, 0.15) is 24.7 Å². The van der Waals surface area contributed by atoms with Crippen molar-refractivity contribution in [3.8, 4) is 0 Å². The predicted molar refractivity (Wildman–Crippen MR) is 74.2 cm³/mol. The molecule has 1 heterocycles. The van der Waals surface area contributed by atoms with E-state index in [9.17, 15) is 0 Å². The molecule has 2 N–H and O–H groups in total. The van der Waals surface area contributed by atoms with Crippen LogP contribution in [-0.2, 0) is 5.75 Å². The number of nitrogens with two attached hydrogens (primary N) is 1. The van der Waals surface area contributed by atoms with Gasteiger partial charge in [0.15, 0.2) is 5.82 Å². The minimum Gasteiger partial charge on any atom is -0.398 e. The minimum atomic E-state index is 0.510. The Balaban J connectivity index is 1.73. The van der Waals surface area contributed by atoms with Gasteiger partial charge in [-0.2, -0.15) is 0 Å². The molecule has 18 heavy (non-hydrogen) atoms. The standard InChI is InChI=1S/C11H12BrN5S/c12-7-1-4-9(13)10(5-7)18-6-11-14-15-16-17(11)8-2-3-8/h1,4-5,8H,2-3,6,13H2. The van der Waals surface area contributed by atoms with Gasteiger partial charge in [0.1, 0.15) is 0 Å². The van der Waals surface area contributed by atoms with Crippen molar-refractivity contribution in [3.63, 3.8) is 0 Å². The van der Waals surface area contributed by atoms with Crippen LogP contribution < -0.4 is 5.73 Å². The normalized spacial score (nSPS) is 14.9. The molecule has 1 aromatic heterocycles. The molecule has 1 aliphatic rings. The maximum atomic E-state index is 5.94. The molecule has 1 aromatic carbocycles. The number of nitrogen functional groups attached to an aromatic ring is 1. The molecule has 1 aliphatic carbocycles. The maximum absolute atomic E-state index is 5.94. The molecule has 0 aliphatic heterocycles. The molecule has 0 spiro atoms. The Hall–Kier alpha value is -1.08. The summed E-state index contributed by atoms with van der Waals surface area (Å²) < 4.78 is 2.96. The average molecular weight is 326 g/mol. The largest absolute Gasteiger partial charge is 0.398 e. The first kappa shape index (κ1) is 12.0. The number of hydrogen-bond acceptors (Lipinski definition) is 5. The van der Waals surface area contributed by atoms with Crippen LogP contribution in [0.15, 0.2) is 27.6 Å². The minimum absolute atomic E-state index is 0.510. The molecule has 5 nitrogen and oxygen atoms in total. The van der Waals surface area contributed by atoms with Crippen LogP contribution in [0.4, 0.5) is 5.69 Å². The lowest BCUT2D eigenvalue weighted by Gasteiger charge is -2.06. The molecule has 0 atom stereocenters. The predicted octanol–water partition coefficient (Wildman–Crippen LogP) is 2.65. The average Bonchev–Trinajstić information content (AvgIpc) is 3.10. The van der Waals surface area contributed by atoms with Gasteiger partial charge in [-0.1, -0.05) is 15.9 Å². The van der Waals surface area contributed by atoms with Crippen LogP contribution in [0.5, 0.6) is 0 Å². The molecule has 0 unspecified atom stereocenters. The second kappa shape index (κ2) is 4.89. The van der Waals surface area contributed by atoms with Gasteiger partial charge in [0.2, 0.25) is 0 Å². The molecule has 0 amide bonds. The summed E-state index contributed by atoms with van der Waals surface area (Å²) in [5, 5.41) is 11.9. The van der Waals surface area contributed by atoms with Crippen molar-refractivity contribution in [2.75, 3.05) is 5.73 Å². The summed E-state index contributed by atoms with van der Waals surface area (Å²) >= 11 is 5.11. The first-order valence-electron chi connectivity index (χ1n) is 5.68. The Morgan fingerprint density at radius 1 is 1.44 bits per heavy atom. The van der Waals surface area contributed by atoms with E-state index in [0.29, 0.717) is 6.04 Å². The molecule has 0 radical (unpaired) electrons. The second-order valence-corrected chi connectivity index (χ2v) is 6.17. The van der Waals surface area contributed by atoms with Crippen LogP contribution in [0.3, 0.4) is 0 Å². The van der Waals surface area contributed by atoms with E-state index >= 15 is 0 Å². The molecular weight excluding hydrogens is 314 g/mol. The molecule has 1 fully saturated rings. The first-order valence-corrected chi connectivity index (χ1v) is 7.46. The Bertz CT molecular complexity index is 566. The van der Waals surface area contributed by atoms with Crippen molar-refractivity contribution >= 4 is 33.4 Å². The third-order valence-corrected chi connectivity index (χ3v) is 4.35. The molecular formula is C11H12BrN5S. The Labute approximate surface area is 117 Å². The fourth-order valence-corrected chi connectivity index (χ4v) is 3.12. The molecule has 7 heteroatoms. The summed E-state index contributed by atoms with van der Waals surface area (Å²) in [6.45, 7) is 0. The number of rotatable bonds is 4. The SMILES string of the molecule is Nc1ccc(Br)cc1SCc1nnnn1C1CC1. The van der Waals surface area contributed by atoms with Crippen LogP contribution in [0.25, 0.3) is 0 Å². The molecule has 3 rings (SSSR count). The second-order valence-electron chi connectivity index (χ2n) is 4.24. The molecule has 94 valence electrons. The zero-order chi connectivity index (χ0) is 12.5. The molecule has 0 bridgehead atoms. The van der Waals surface area contributed by atoms with Gasteiger partial charge in [-0.3, -0.25) is 0 Å². The quantitative estimate of drug-likeness (QED) is 0.691. The lowest BCUT2D eigenvalue weighted by Crippen LogP contribution is -2.02. The summed E-state index contributed by atoms with van der Waals surface area (Å²) in [6, 6.07) is 6.37. The van der Waals surface area contributed by atoms with Gasteiger partial charge >= 0.3 is 0 Å². The zero-order valence-electron chi connectivity index (χ0n) is 9.58. The fraction of sp³-hybridized carbons (Fsp3) is 0.364. The van der Waals surface area contributed by atoms with Gasteiger partial charge in [0, 0.05) is 15.1 Å². The van der Waals surface area contributed by atoms with Gasteiger partial charge < -0.3 is 5.73 Å². The number of nitrogens with zero attached hydrogens (tertiary/aromatic N) is 4. The maximum Gasteiger partial charge on any atom is 0.161 e. The highest BCUT2D eigenvalue weighted by Gasteiger charge is 2.27. The Kier molecular flexibility index (Phi) is 3.25. The van der Waals surface area contributed by atoms with E-state index in [4.69, 9.17) is 5.73 Å². The zero-order valence-corrected chi connectivity index (χ0v) is 12.0. The van der Waals surface area contributed by atoms with Crippen LogP contribution in [0.2, 0.25) is 0 Å². The van der Waals surface area contributed by atoms with Crippen molar-refractivity contribution in [1.29, 1.82) is 0 Å². The van der Waals surface area contributed by atoms with Gasteiger partial charge in [0.05, 0.1) is 11.8 Å². The van der Waals surface area contributed by atoms with E-state index in [-0.39, 0.29) is 0 Å². The van der Waals surface area contributed by atoms with Crippen molar-refractivity contribution in [1.82, 2.24) is 20.2 Å². The van der Waals surface area contributed by atoms with Crippen molar-refractivity contribution in [2.24, 2.45) is 0 Å². The monoisotopic (exact) mass is 325 g/mol. The highest BCUT2D eigenvalue weighted by atomic mass is 79.9. The summed E-state index contributed by atoms with van der Waals surface area (Å²) in [4.78, 5) is 1.05. The lowest BCUT2D eigenvalue weighted by molar-refractivity contribution is 0.593. The van der Waals surface area contributed by atoms with E-state index in [1.54, 1.807) is 11.8 Å². The highest BCUT2D eigenvalue weighted by Crippen LogP contribution is 2.36. The lowest BCUT2D eigenvalue weighted by atomic mass is 10.3. The van der Waals surface area contributed by atoms with E-state index in [0.717, 1.165) is 26.6 Å². The summed E-state index contributed by atoms with van der Waals surface area (Å²) in [5.41, 5.74) is 6.72. The number of hydrogen-bond donors (Lipinski definition) is 1. The molecule has 0 saturated heterocycles. The van der Waals surface area contributed by atoms with Crippen molar-refractivity contribution < 1.29 is 0 Å². The van der Waals surface area contributed by atoms with Crippen molar-refractivity contribution in [2.45, 2.75) is 29.5 Å². The van der Waals surface area contributed by atoms with Gasteiger partial charge in [0.25, 0.3) is 0 Å². The number of tetrazole rings is 1. The third kappa shape index (κ3) is 2.51. The fourth-order valence-electron chi connectivity index (χ4n) is 1.69. The van der Waals surface area contributed by atoms with E-state index in [1.165, 1.54) is 12.8 Å². The molecule has 1 saturated carbocycles. The summed E-state index contributed by atoms with van der Waals surface area (Å²) in [5.74, 6) is 1.66. The number of anilines is 1. The van der Waals surface area contributed by atoms with Gasteiger partial charge in [-0.25, -0.2) is 4.68 Å². The summed E-state index contributed by atoms with van der Waals surface area (Å²) in [6.07, 6.45) is 2.36. The molecule has 2 aromatic rings. The van der Waals surface area contributed by atoms with Crippen LogP contribution >= 0.6 is 27.7 Å². The van der Waals surface area contributed by atoms with Gasteiger partial charge in [-0.15, -0.1) is 16.9 Å². The third-order valence-electron chi connectivity index (χ3n) is 2.79. The van der Waals surface area contributed by atoms with Crippen LogP contribution in [-0.4, -0.2) is 20.2 Å². The van der Waals surface area contributed by atoms with Gasteiger partial charge in [-0.05, 0) is 41.5 Å². The van der Waals surface area contributed by atoms with E-state index in [2.05, 4.69) is 31.5 Å². The highest BCUT2D eigenvalue weighted by molar-refractivity contribution is 9.10. The Morgan fingerprint density at radius 2 is 2.28 bits per heavy atom. The van der Waals surface area contributed by atoms with E-state index in [1.807, 2.05) is 22.9 Å². The smallest absolute Gasteiger partial charge is 0.161 e. The van der Waals surface area contributed by atoms with E-state index < -0.39 is 0 Å². The number of benzene rings is 1. The first-order chi connectivity index (χ1) is 8.74. The number of thioether (sulfide) groups is 1. The van der Waals surface area contributed by atoms with Crippen LogP contribution in [0, 0.1) is 0 Å².